The fraction of sp³-hybridized carbons (Fsp3) is 0.286. The van der Waals surface area contributed by atoms with Crippen molar-refractivity contribution in [3.63, 3.8) is 0 Å². The highest BCUT2D eigenvalue weighted by atomic mass is 15.2. The van der Waals surface area contributed by atoms with E-state index >= 15 is 0 Å². The fourth-order valence-electron chi connectivity index (χ4n) is 1.79. The first kappa shape index (κ1) is 12.4. The van der Waals surface area contributed by atoms with Crippen LogP contribution in [0, 0.1) is 0 Å². The number of nitrogens with two attached hydrogens (primary N) is 1. The van der Waals surface area contributed by atoms with E-state index in [-0.39, 0.29) is 0 Å². The molecular formula is C14H18N4. The molecule has 0 spiro atoms. The molecule has 0 atom stereocenters. The first-order valence-corrected chi connectivity index (χ1v) is 6.12. The van der Waals surface area contributed by atoms with Crippen molar-refractivity contribution >= 4 is 17.2 Å². The van der Waals surface area contributed by atoms with Crippen LogP contribution >= 0.6 is 0 Å². The van der Waals surface area contributed by atoms with Gasteiger partial charge in [-0.25, -0.2) is 0 Å². The van der Waals surface area contributed by atoms with Crippen molar-refractivity contribution in [1.29, 1.82) is 0 Å². The van der Waals surface area contributed by atoms with Crippen molar-refractivity contribution in [2.75, 3.05) is 17.7 Å². The topological polar surface area (TPSA) is 55.0 Å². The minimum atomic E-state index is 0.745. The van der Waals surface area contributed by atoms with E-state index in [0.717, 1.165) is 35.7 Å². The molecular weight excluding hydrogens is 224 g/mol. The average Bonchev–Trinajstić information content (AvgIpc) is 2.39. The highest BCUT2D eigenvalue weighted by molar-refractivity contribution is 5.63. The van der Waals surface area contributed by atoms with Gasteiger partial charge in [0.1, 0.15) is 0 Å². The Balaban J connectivity index is 2.20. The largest absolute Gasteiger partial charge is 0.399 e. The summed E-state index contributed by atoms with van der Waals surface area (Å²) >= 11 is 0. The summed E-state index contributed by atoms with van der Waals surface area (Å²) in [5.41, 5.74) is 8.56. The van der Waals surface area contributed by atoms with Crippen LogP contribution in [0.5, 0.6) is 0 Å². The second-order valence-electron chi connectivity index (χ2n) is 4.29. The molecule has 0 radical (unpaired) electrons. The first-order valence-electron chi connectivity index (χ1n) is 6.12. The number of nitrogens with zero attached hydrogens (tertiary/aromatic N) is 3. The van der Waals surface area contributed by atoms with Gasteiger partial charge in [-0.3, -0.25) is 0 Å². The van der Waals surface area contributed by atoms with Gasteiger partial charge in [0.15, 0.2) is 5.82 Å². The molecule has 0 aliphatic heterocycles. The first-order chi connectivity index (χ1) is 8.70. The molecule has 0 bridgehead atoms. The van der Waals surface area contributed by atoms with E-state index in [4.69, 9.17) is 5.73 Å². The van der Waals surface area contributed by atoms with Gasteiger partial charge in [-0.15, -0.1) is 5.10 Å². The second-order valence-corrected chi connectivity index (χ2v) is 4.29. The second kappa shape index (κ2) is 5.49. The Morgan fingerprint density at radius 1 is 1.17 bits per heavy atom. The maximum Gasteiger partial charge on any atom is 0.155 e. The fourth-order valence-corrected chi connectivity index (χ4v) is 1.79. The average molecular weight is 242 g/mol. The van der Waals surface area contributed by atoms with E-state index < -0.39 is 0 Å². The molecule has 2 N–H and O–H groups in total. The van der Waals surface area contributed by atoms with E-state index in [9.17, 15) is 0 Å². The van der Waals surface area contributed by atoms with Gasteiger partial charge in [0.25, 0.3) is 0 Å². The lowest BCUT2D eigenvalue weighted by molar-refractivity contribution is 0.834. The lowest BCUT2D eigenvalue weighted by Crippen LogP contribution is -2.12. The molecule has 0 aliphatic rings. The highest BCUT2D eigenvalue weighted by Gasteiger charge is 2.06. The number of aromatic nitrogens is 2. The maximum atomic E-state index is 5.78. The third-order valence-corrected chi connectivity index (χ3v) is 2.81. The van der Waals surface area contributed by atoms with Crippen LogP contribution in [0.15, 0.2) is 36.4 Å². The zero-order valence-electron chi connectivity index (χ0n) is 10.8. The number of hydrogen-bond acceptors (Lipinski definition) is 4. The lowest BCUT2D eigenvalue weighted by atomic mass is 10.2. The van der Waals surface area contributed by atoms with Crippen molar-refractivity contribution in [2.24, 2.45) is 0 Å². The van der Waals surface area contributed by atoms with Crippen LogP contribution in [0.1, 0.15) is 19.0 Å². The molecule has 94 valence electrons. The molecule has 1 aromatic carbocycles. The van der Waals surface area contributed by atoms with Crippen molar-refractivity contribution in [2.45, 2.75) is 19.8 Å². The molecule has 0 saturated heterocycles. The predicted molar refractivity (Wildman–Crippen MR) is 74.9 cm³/mol. The van der Waals surface area contributed by atoms with Crippen LogP contribution in [0.25, 0.3) is 0 Å². The van der Waals surface area contributed by atoms with Crippen molar-refractivity contribution in [3.8, 4) is 0 Å². The van der Waals surface area contributed by atoms with Crippen LogP contribution in [-0.4, -0.2) is 17.2 Å². The van der Waals surface area contributed by atoms with E-state index in [1.807, 2.05) is 48.3 Å². The Morgan fingerprint density at radius 2 is 2.00 bits per heavy atom. The van der Waals surface area contributed by atoms with Gasteiger partial charge in [0, 0.05) is 18.4 Å². The lowest BCUT2D eigenvalue weighted by Gasteiger charge is -2.18. The monoisotopic (exact) mass is 242 g/mol. The summed E-state index contributed by atoms with van der Waals surface area (Å²) in [4.78, 5) is 1.97. The number of rotatable bonds is 4. The van der Waals surface area contributed by atoms with E-state index in [0.29, 0.717) is 0 Å². The Bertz CT molecular complexity index is 507. The number of benzene rings is 1. The minimum absolute atomic E-state index is 0.745. The SMILES string of the molecule is CCCc1ccc(N(C)c2cccc(N)c2)nn1. The third-order valence-electron chi connectivity index (χ3n) is 2.81. The highest BCUT2D eigenvalue weighted by Crippen LogP contribution is 2.22. The molecule has 0 unspecified atom stereocenters. The van der Waals surface area contributed by atoms with Gasteiger partial charge in [-0.2, -0.15) is 5.10 Å². The zero-order chi connectivity index (χ0) is 13.0. The molecule has 0 amide bonds. The number of anilines is 3. The van der Waals surface area contributed by atoms with Crippen LogP contribution in [0.3, 0.4) is 0 Å². The molecule has 2 rings (SSSR count). The van der Waals surface area contributed by atoms with Crippen molar-refractivity contribution < 1.29 is 0 Å². The molecule has 0 saturated carbocycles. The summed E-state index contributed by atoms with van der Waals surface area (Å²) in [7, 11) is 1.96. The van der Waals surface area contributed by atoms with Gasteiger partial charge >= 0.3 is 0 Å². The van der Waals surface area contributed by atoms with Crippen LogP contribution in [0.4, 0.5) is 17.2 Å². The number of hydrogen-bond donors (Lipinski definition) is 1. The molecule has 1 aromatic heterocycles. The van der Waals surface area contributed by atoms with Gasteiger partial charge in [0.2, 0.25) is 0 Å². The maximum absolute atomic E-state index is 5.78. The van der Waals surface area contributed by atoms with Gasteiger partial charge in [0.05, 0.1) is 5.69 Å². The predicted octanol–water partition coefficient (Wildman–Crippen LogP) is 2.78. The molecule has 18 heavy (non-hydrogen) atoms. The van der Waals surface area contributed by atoms with Gasteiger partial charge in [-0.1, -0.05) is 19.4 Å². The Hall–Kier alpha value is -2.10. The standard InChI is InChI=1S/C14H18N4/c1-3-5-12-8-9-14(17-16-12)18(2)13-7-4-6-11(15)10-13/h4,6-10H,3,5,15H2,1-2H3. The summed E-state index contributed by atoms with van der Waals surface area (Å²) < 4.78 is 0. The van der Waals surface area contributed by atoms with E-state index in [1.54, 1.807) is 0 Å². The van der Waals surface area contributed by atoms with Crippen molar-refractivity contribution in [3.05, 3.63) is 42.1 Å². The summed E-state index contributed by atoms with van der Waals surface area (Å²) in [6.45, 7) is 2.13. The van der Waals surface area contributed by atoms with Gasteiger partial charge < -0.3 is 10.6 Å². The van der Waals surface area contributed by atoms with Crippen molar-refractivity contribution in [1.82, 2.24) is 10.2 Å². The molecule has 2 aromatic rings. The summed E-state index contributed by atoms with van der Waals surface area (Å²) in [6, 6.07) is 11.7. The third kappa shape index (κ3) is 2.77. The molecule has 1 heterocycles. The van der Waals surface area contributed by atoms with Crippen LogP contribution in [0.2, 0.25) is 0 Å². The molecule has 0 aliphatic carbocycles. The molecule has 4 heteroatoms. The van der Waals surface area contributed by atoms with Crippen LogP contribution in [-0.2, 0) is 6.42 Å². The normalized spacial score (nSPS) is 10.3. The smallest absolute Gasteiger partial charge is 0.155 e. The van der Waals surface area contributed by atoms with E-state index in [1.165, 1.54) is 0 Å². The number of aryl methyl sites for hydroxylation is 1. The Labute approximate surface area is 107 Å². The Kier molecular flexibility index (Phi) is 3.77. The summed E-state index contributed by atoms with van der Waals surface area (Å²) in [5, 5.41) is 8.45. The van der Waals surface area contributed by atoms with Crippen LogP contribution < -0.4 is 10.6 Å². The number of nitrogen functional groups attached to an aromatic ring is 1. The van der Waals surface area contributed by atoms with Gasteiger partial charge in [-0.05, 0) is 36.8 Å². The Morgan fingerprint density at radius 3 is 2.61 bits per heavy atom. The zero-order valence-corrected chi connectivity index (χ0v) is 10.8. The summed E-state index contributed by atoms with van der Waals surface area (Å²) in [5.74, 6) is 0.820. The summed E-state index contributed by atoms with van der Waals surface area (Å²) in [6.07, 6.45) is 2.05. The molecule has 0 fully saturated rings. The quantitative estimate of drug-likeness (QED) is 0.838. The molecule has 4 nitrogen and oxygen atoms in total. The minimum Gasteiger partial charge on any atom is -0.399 e. The van der Waals surface area contributed by atoms with E-state index in [2.05, 4.69) is 17.1 Å².